The fraction of sp³-hybridized carbons (Fsp3) is 0.647. The van der Waals surface area contributed by atoms with Crippen LogP contribution in [0.5, 0.6) is 0 Å². The van der Waals surface area contributed by atoms with Crippen LogP contribution in [0, 0.1) is 12.7 Å². The van der Waals surface area contributed by atoms with Crippen LogP contribution >= 0.6 is 0 Å². The maximum absolute atomic E-state index is 14.5. The molecular formula is C17H25FN2. The summed E-state index contributed by atoms with van der Waals surface area (Å²) >= 11 is 0. The number of piperazine rings is 1. The topological polar surface area (TPSA) is 15.3 Å². The molecule has 1 aliphatic heterocycles. The van der Waals surface area contributed by atoms with Gasteiger partial charge in [-0.15, -0.1) is 0 Å². The van der Waals surface area contributed by atoms with Gasteiger partial charge in [0.2, 0.25) is 0 Å². The van der Waals surface area contributed by atoms with Gasteiger partial charge in [-0.3, -0.25) is 0 Å². The van der Waals surface area contributed by atoms with Gasteiger partial charge in [-0.25, -0.2) is 4.39 Å². The Kier molecular flexibility index (Phi) is 3.49. The van der Waals surface area contributed by atoms with Crippen molar-refractivity contribution in [3.05, 3.63) is 29.6 Å². The predicted molar refractivity (Wildman–Crippen MR) is 81.7 cm³/mol. The molecule has 2 atom stereocenters. The Labute approximate surface area is 121 Å². The quantitative estimate of drug-likeness (QED) is 0.842. The van der Waals surface area contributed by atoms with Crippen molar-refractivity contribution >= 4 is 5.69 Å². The highest BCUT2D eigenvalue weighted by atomic mass is 19.1. The molecule has 20 heavy (non-hydrogen) atoms. The van der Waals surface area contributed by atoms with Gasteiger partial charge >= 0.3 is 0 Å². The number of rotatable bonds is 1. The number of nitrogens with zero attached hydrogens (tertiary/aromatic N) is 1. The fourth-order valence-corrected chi connectivity index (χ4v) is 3.86. The second kappa shape index (κ2) is 5.03. The Bertz CT molecular complexity index is 498. The maximum atomic E-state index is 14.5. The summed E-state index contributed by atoms with van der Waals surface area (Å²) in [6.45, 7) is 7.16. The van der Waals surface area contributed by atoms with E-state index in [1.54, 1.807) is 0 Å². The van der Waals surface area contributed by atoms with Crippen LogP contribution in [0.4, 0.5) is 10.1 Å². The Morgan fingerprint density at radius 3 is 2.80 bits per heavy atom. The fourth-order valence-electron chi connectivity index (χ4n) is 3.86. The summed E-state index contributed by atoms with van der Waals surface area (Å²) in [6, 6.07) is 6.70. The maximum Gasteiger partial charge on any atom is 0.149 e. The summed E-state index contributed by atoms with van der Waals surface area (Å²) in [5, 5.41) is 3.76. The number of aryl methyl sites for hydroxylation is 1. The van der Waals surface area contributed by atoms with Gasteiger partial charge in [-0.05, 0) is 45.2 Å². The highest BCUT2D eigenvalue weighted by Crippen LogP contribution is 2.35. The van der Waals surface area contributed by atoms with Gasteiger partial charge in [0.1, 0.15) is 5.82 Å². The van der Waals surface area contributed by atoms with Crippen LogP contribution in [0.2, 0.25) is 0 Å². The number of halogens is 1. The number of benzene rings is 1. The van der Waals surface area contributed by atoms with E-state index in [9.17, 15) is 4.39 Å². The number of nitrogens with one attached hydrogen (secondary N) is 1. The van der Waals surface area contributed by atoms with Crippen molar-refractivity contribution in [1.29, 1.82) is 0 Å². The normalized spacial score (nSPS) is 29.1. The van der Waals surface area contributed by atoms with E-state index in [4.69, 9.17) is 0 Å². The molecule has 0 spiro atoms. The van der Waals surface area contributed by atoms with E-state index in [1.165, 1.54) is 25.7 Å². The molecule has 1 aromatic rings. The summed E-state index contributed by atoms with van der Waals surface area (Å²) in [7, 11) is 0. The van der Waals surface area contributed by atoms with Crippen LogP contribution in [-0.4, -0.2) is 24.2 Å². The summed E-state index contributed by atoms with van der Waals surface area (Å²) in [5.74, 6) is -0.0467. The average Bonchev–Trinajstić information content (AvgIpc) is 2.40. The minimum Gasteiger partial charge on any atom is -0.363 e. The predicted octanol–water partition coefficient (Wildman–Crippen LogP) is 3.63. The number of anilines is 1. The lowest BCUT2D eigenvalue weighted by atomic mass is 9.83. The van der Waals surface area contributed by atoms with Crippen molar-refractivity contribution in [2.24, 2.45) is 0 Å². The van der Waals surface area contributed by atoms with E-state index in [2.05, 4.69) is 24.1 Å². The molecule has 1 heterocycles. The Morgan fingerprint density at radius 1 is 1.25 bits per heavy atom. The molecule has 2 nitrogen and oxygen atoms in total. The van der Waals surface area contributed by atoms with E-state index in [-0.39, 0.29) is 11.4 Å². The van der Waals surface area contributed by atoms with Crippen molar-refractivity contribution in [2.45, 2.75) is 64.1 Å². The number of hydrogen-bond acceptors (Lipinski definition) is 2. The molecule has 1 aromatic carbocycles. The molecule has 1 saturated carbocycles. The molecule has 2 fully saturated rings. The highest BCUT2D eigenvalue weighted by molar-refractivity contribution is 5.52. The molecular weight excluding hydrogens is 251 g/mol. The number of fused-ring (bicyclic) bond motifs is 1. The third kappa shape index (κ3) is 2.44. The zero-order chi connectivity index (χ0) is 14.3. The van der Waals surface area contributed by atoms with Crippen molar-refractivity contribution in [3.63, 3.8) is 0 Å². The van der Waals surface area contributed by atoms with Crippen molar-refractivity contribution in [1.82, 2.24) is 5.32 Å². The minimum atomic E-state index is -0.0467. The molecule has 3 rings (SSSR count). The largest absolute Gasteiger partial charge is 0.363 e. The smallest absolute Gasteiger partial charge is 0.149 e. The third-order valence-corrected chi connectivity index (χ3v) is 4.75. The lowest BCUT2D eigenvalue weighted by Gasteiger charge is -2.52. The standard InChI is InChI=1S/C17H25FN2/c1-12-7-6-10-15(16(12)18)20-11-17(2,3)19-13-8-4-5-9-14(13)20/h6-7,10,13-14,19H,4-5,8-9,11H2,1-3H3/t13-,14+/m0/s1. The summed E-state index contributed by atoms with van der Waals surface area (Å²) in [6.07, 6.45) is 4.92. The van der Waals surface area contributed by atoms with Gasteiger partial charge in [0.25, 0.3) is 0 Å². The molecule has 1 N–H and O–H groups in total. The van der Waals surface area contributed by atoms with Gasteiger partial charge in [-0.2, -0.15) is 0 Å². The van der Waals surface area contributed by atoms with Gasteiger partial charge < -0.3 is 10.2 Å². The first-order valence-electron chi connectivity index (χ1n) is 7.77. The minimum absolute atomic E-state index is 0.0364. The second-order valence-corrected chi connectivity index (χ2v) is 7.02. The monoisotopic (exact) mass is 276 g/mol. The molecule has 110 valence electrons. The van der Waals surface area contributed by atoms with Crippen LogP contribution in [-0.2, 0) is 0 Å². The molecule has 0 bridgehead atoms. The van der Waals surface area contributed by atoms with E-state index >= 15 is 0 Å². The Morgan fingerprint density at radius 2 is 2.00 bits per heavy atom. The zero-order valence-corrected chi connectivity index (χ0v) is 12.7. The molecule has 0 unspecified atom stereocenters. The van der Waals surface area contributed by atoms with Gasteiger partial charge in [-0.1, -0.05) is 25.0 Å². The summed E-state index contributed by atoms with van der Waals surface area (Å²) in [5.41, 5.74) is 1.57. The van der Waals surface area contributed by atoms with Crippen LogP contribution in [0.15, 0.2) is 18.2 Å². The summed E-state index contributed by atoms with van der Waals surface area (Å²) in [4.78, 5) is 2.32. The van der Waals surface area contributed by atoms with Crippen LogP contribution < -0.4 is 10.2 Å². The van der Waals surface area contributed by atoms with Gasteiger partial charge in [0.15, 0.2) is 0 Å². The van der Waals surface area contributed by atoms with E-state index in [0.717, 1.165) is 17.8 Å². The SMILES string of the molecule is Cc1cccc(N2CC(C)(C)N[C@H]3CCCC[C@H]32)c1F. The zero-order valence-electron chi connectivity index (χ0n) is 12.7. The first kappa shape index (κ1) is 13.9. The molecule has 1 aliphatic carbocycles. The Hall–Kier alpha value is -1.09. The van der Waals surface area contributed by atoms with Crippen LogP contribution in [0.25, 0.3) is 0 Å². The first-order valence-corrected chi connectivity index (χ1v) is 7.77. The molecule has 3 heteroatoms. The molecule has 1 saturated heterocycles. The van der Waals surface area contributed by atoms with E-state index < -0.39 is 0 Å². The number of hydrogen-bond donors (Lipinski definition) is 1. The molecule has 0 aromatic heterocycles. The van der Waals surface area contributed by atoms with Crippen molar-refractivity contribution < 1.29 is 4.39 Å². The lowest BCUT2D eigenvalue weighted by Crippen LogP contribution is -2.67. The highest BCUT2D eigenvalue weighted by Gasteiger charge is 2.41. The van der Waals surface area contributed by atoms with Crippen molar-refractivity contribution in [2.75, 3.05) is 11.4 Å². The average molecular weight is 276 g/mol. The molecule has 0 amide bonds. The first-order chi connectivity index (χ1) is 9.48. The van der Waals surface area contributed by atoms with Crippen molar-refractivity contribution in [3.8, 4) is 0 Å². The molecule has 0 radical (unpaired) electrons. The summed E-state index contributed by atoms with van der Waals surface area (Å²) < 4.78 is 14.5. The lowest BCUT2D eigenvalue weighted by molar-refractivity contribution is 0.198. The second-order valence-electron chi connectivity index (χ2n) is 7.02. The van der Waals surface area contributed by atoms with E-state index in [1.807, 2.05) is 25.1 Å². The van der Waals surface area contributed by atoms with Crippen LogP contribution in [0.1, 0.15) is 45.1 Å². The van der Waals surface area contributed by atoms with Crippen LogP contribution in [0.3, 0.4) is 0 Å². The van der Waals surface area contributed by atoms with E-state index in [0.29, 0.717) is 12.1 Å². The third-order valence-electron chi connectivity index (χ3n) is 4.75. The molecule has 2 aliphatic rings. The Balaban J connectivity index is 1.98. The van der Waals surface area contributed by atoms with Gasteiger partial charge in [0, 0.05) is 24.2 Å². The van der Waals surface area contributed by atoms with Gasteiger partial charge in [0.05, 0.1) is 5.69 Å².